The van der Waals surface area contributed by atoms with Gasteiger partial charge in [0.25, 0.3) is 0 Å². The van der Waals surface area contributed by atoms with Gasteiger partial charge >= 0.3 is 0 Å². The van der Waals surface area contributed by atoms with E-state index >= 15 is 0 Å². The lowest BCUT2D eigenvalue weighted by Crippen LogP contribution is -2.15. The molecular weight excluding hydrogens is 410 g/mol. The van der Waals surface area contributed by atoms with Crippen LogP contribution < -0.4 is 9.64 Å². The largest absolute Gasteiger partial charge is 0.453 e. The predicted octanol–water partition coefficient (Wildman–Crippen LogP) is 6.65. The molecule has 6 heteroatoms. The highest BCUT2D eigenvalue weighted by atomic mass is 16.5. The van der Waals surface area contributed by atoms with Gasteiger partial charge in [-0.3, -0.25) is 0 Å². The molecule has 158 valence electrons. The van der Waals surface area contributed by atoms with Crippen LogP contribution in [0.25, 0.3) is 44.3 Å². The second kappa shape index (κ2) is 6.71. The van der Waals surface area contributed by atoms with E-state index in [1.165, 1.54) is 0 Å². The Bertz CT molecular complexity index is 1560. The molecule has 0 amide bonds. The molecule has 0 saturated heterocycles. The van der Waals surface area contributed by atoms with Crippen molar-refractivity contribution in [3.8, 4) is 33.8 Å². The number of hydrogen-bond donors (Lipinski definition) is 2. The standard InChI is InChI=1S/C27H19N5O/c1-32-24-8-4-18(16-2-6-20-22(10-16)30-14-28-20)12-26(24)33-27-13-19(5-9-25(27)32)17-3-7-21-23(11-17)31-15-29-21/h2-15H,1H3,(H,28,30)(H,29,31). The Labute approximate surface area is 189 Å². The molecule has 3 heterocycles. The van der Waals surface area contributed by atoms with Crippen LogP contribution in [0.3, 0.4) is 0 Å². The van der Waals surface area contributed by atoms with Gasteiger partial charge < -0.3 is 19.6 Å². The number of anilines is 2. The van der Waals surface area contributed by atoms with Gasteiger partial charge in [-0.1, -0.05) is 24.3 Å². The Hall–Kier alpha value is -4.58. The Kier molecular flexibility index (Phi) is 3.67. The molecule has 4 aromatic carbocycles. The molecule has 0 aliphatic carbocycles. The first kappa shape index (κ1) is 18.0. The van der Waals surface area contributed by atoms with Gasteiger partial charge in [0.1, 0.15) is 0 Å². The van der Waals surface area contributed by atoms with Crippen LogP contribution in [0.1, 0.15) is 0 Å². The summed E-state index contributed by atoms with van der Waals surface area (Å²) in [6, 6.07) is 25.2. The number of aromatic amines is 2. The maximum Gasteiger partial charge on any atom is 0.151 e. The van der Waals surface area contributed by atoms with Crippen LogP contribution in [0.15, 0.2) is 85.5 Å². The minimum absolute atomic E-state index is 0.841. The first-order chi connectivity index (χ1) is 16.2. The lowest BCUT2D eigenvalue weighted by Gasteiger charge is -2.30. The third kappa shape index (κ3) is 2.81. The van der Waals surface area contributed by atoms with Crippen molar-refractivity contribution in [1.82, 2.24) is 19.9 Å². The topological polar surface area (TPSA) is 69.8 Å². The van der Waals surface area contributed by atoms with Gasteiger partial charge in [-0.25, -0.2) is 9.97 Å². The van der Waals surface area contributed by atoms with E-state index < -0.39 is 0 Å². The van der Waals surface area contributed by atoms with E-state index in [4.69, 9.17) is 4.74 Å². The molecule has 0 unspecified atom stereocenters. The Morgan fingerprint density at radius 3 is 1.58 bits per heavy atom. The van der Waals surface area contributed by atoms with Crippen molar-refractivity contribution in [2.75, 3.05) is 11.9 Å². The lowest BCUT2D eigenvalue weighted by atomic mass is 10.0. The van der Waals surface area contributed by atoms with Crippen molar-refractivity contribution in [3.05, 3.63) is 85.5 Å². The second-order valence-electron chi connectivity index (χ2n) is 8.30. The summed E-state index contributed by atoms with van der Waals surface area (Å²) in [5.74, 6) is 1.68. The summed E-state index contributed by atoms with van der Waals surface area (Å²) in [6.45, 7) is 0. The van der Waals surface area contributed by atoms with Crippen LogP contribution in [0, 0.1) is 0 Å². The van der Waals surface area contributed by atoms with Gasteiger partial charge in [-0.15, -0.1) is 0 Å². The molecule has 0 atom stereocenters. The molecule has 33 heavy (non-hydrogen) atoms. The average molecular weight is 429 g/mol. The van der Waals surface area contributed by atoms with Crippen LogP contribution >= 0.6 is 0 Å². The first-order valence-electron chi connectivity index (χ1n) is 10.8. The number of aromatic nitrogens is 4. The van der Waals surface area contributed by atoms with Crippen molar-refractivity contribution in [2.45, 2.75) is 0 Å². The van der Waals surface area contributed by atoms with Gasteiger partial charge in [-0.05, 0) is 70.8 Å². The highest BCUT2D eigenvalue weighted by Gasteiger charge is 2.23. The third-order valence-corrected chi connectivity index (χ3v) is 6.37. The molecule has 0 spiro atoms. The molecule has 6 nitrogen and oxygen atoms in total. The van der Waals surface area contributed by atoms with Crippen LogP contribution in [0.2, 0.25) is 0 Å². The zero-order chi connectivity index (χ0) is 21.9. The summed E-state index contributed by atoms with van der Waals surface area (Å²) >= 11 is 0. The van der Waals surface area contributed by atoms with Gasteiger partial charge in [0.15, 0.2) is 11.5 Å². The predicted molar refractivity (Wildman–Crippen MR) is 131 cm³/mol. The number of hydrogen-bond acceptors (Lipinski definition) is 4. The number of ether oxygens (including phenoxy) is 1. The normalized spacial score (nSPS) is 12.6. The average Bonchev–Trinajstić information content (AvgIpc) is 3.52. The van der Waals surface area contributed by atoms with Crippen LogP contribution in [0.4, 0.5) is 11.4 Å². The molecular formula is C27H19N5O. The van der Waals surface area contributed by atoms with Crippen LogP contribution in [0.5, 0.6) is 11.5 Å². The summed E-state index contributed by atoms with van der Waals surface area (Å²) in [6.07, 6.45) is 3.44. The van der Waals surface area contributed by atoms with Gasteiger partial charge in [0.05, 0.1) is 46.1 Å². The van der Waals surface area contributed by atoms with Gasteiger partial charge in [0.2, 0.25) is 0 Å². The third-order valence-electron chi connectivity index (χ3n) is 6.37. The minimum atomic E-state index is 0.841. The summed E-state index contributed by atoms with van der Waals surface area (Å²) in [4.78, 5) is 17.2. The smallest absolute Gasteiger partial charge is 0.151 e. The summed E-state index contributed by atoms with van der Waals surface area (Å²) in [7, 11) is 2.08. The molecule has 0 radical (unpaired) electrons. The molecule has 1 aliphatic rings. The second-order valence-corrected chi connectivity index (χ2v) is 8.30. The number of benzene rings is 4. The zero-order valence-electron chi connectivity index (χ0n) is 17.8. The maximum atomic E-state index is 6.44. The fraction of sp³-hybridized carbons (Fsp3) is 0.0370. The minimum Gasteiger partial charge on any atom is -0.453 e. The zero-order valence-corrected chi connectivity index (χ0v) is 17.8. The van der Waals surface area contributed by atoms with Crippen LogP contribution in [-0.2, 0) is 0 Å². The fourth-order valence-corrected chi connectivity index (χ4v) is 4.58. The lowest BCUT2D eigenvalue weighted by molar-refractivity contribution is 0.476. The van der Waals surface area contributed by atoms with E-state index in [0.717, 1.165) is 67.2 Å². The molecule has 2 N–H and O–H groups in total. The number of imidazole rings is 2. The first-order valence-corrected chi connectivity index (χ1v) is 10.8. The number of nitrogens with one attached hydrogen (secondary N) is 2. The van der Waals surface area contributed by atoms with E-state index in [-0.39, 0.29) is 0 Å². The van der Waals surface area contributed by atoms with Crippen molar-refractivity contribution in [3.63, 3.8) is 0 Å². The van der Waals surface area contributed by atoms with E-state index in [9.17, 15) is 0 Å². The van der Waals surface area contributed by atoms with Gasteiger partial charge in [-0.2, -0.15) is 0 Å². The van der Waals surface area contributed by atoms with E-state index in [0.29, 0.717) is 0 Å². The maximum absolute atomic E-state index is 6.44. The van der Waals surface area contributed by atoms with Crippen molar-refractivity contribution < 1.29 is 4.74 Å². The monoisotopic (exact) mass is 429 g/mol. The van der Waals surface area contributed by atoms with Crippen molar-refractivity contribution in [1.29, 1.82) is 0 Å². The van der Waals surface area contributed by atoms with Crippen molar-refractivity contribution in [2.24, 2.45) is 0 Å². The van der Waals surface area contributed by atoms with E-state index in [2.05, 4.69) is 92.5 Å². The summed E-state index contributed by atoms with van der Waals surface area (Å²) in [5, 5.41) is 0. The molecule has 6 aromatic rings. The van der Waals surface area contributed by atoms with E-state index in [1.807, 2.05) is 12.1 Å². The SMILES string of the molecule is CN1c2ccc(-c3ccc4nc[nH]c4c3)cc2Oc2cc(-c3ccc4nc[nH]c4c3)ccc21. The van der Waals surface area contributed by atoms with Crippen molar-refractivity contribution >= 4 is 33.4 Å². The summed E-state index contributed by atoms with van der Waals surface area (Å²) < 4.78 is 6.44. The Morgan fingerprint density at radius 2 is 1.06 bits per heavy atom. The van der Waals surface area contributed by atoms with Crippen LogP contribution in [-0.4, -0.2) is 27.0 Å². The summed E-state index contributed by atoms with van der Waals surface area (Å²) in [5.41, 5.74) is 10.5. The highest BCUT2D eigenvalue weighted by Crippen LogP contribution is 2.48. The van der Waals surface area contributed by atoms with Gasteiger partial charge in [0, 0.05) is 7.05 Å². The Balaban J connectivity index is 1.28. The number of fused-ring (bicyclic) bond motifs is 4. The number of nitrogens with zero attached hydrogens (tertiary/aromatic N) is 3. The highest BCUT2D eigenvalue weighted by molar-refractivity contribution is 5.87. The number of H-pyrrole nitrogens is 2. The molecule has 0 fully saturated rings. The molecule has 0 saturated carbocycles. The fourth-order valence-electron chi connectivity index (χ4n) is 4.58. The Morgan fingerprint density at radius 1 is 0.606 bits per heavy atom. The number of rotatable bonds is 2. The molecule has 7 rings (SSSR count). The molecule has 1 aliphatic heterocycles. The molecule has 2 aromatic heterocycles. The quantitative estimate of drug-likeness (QED) is 0.323. The van der Waals surface area contributed by atoms with E-state index in [1.54, 1.807) is 12.7 Å². The molecule has 0 bridgehead atoms.